The van der Waals surface area contributed by atoms with Crippen LogP contribution in [0.5, 0.6) is 0 Å². The number of aliphatic hydroxyl groups excluding tert-OH is 1. The molecule has 7 atom stereocenters. The maximum atomic E-state index is 13.1. The first-order valence-electron chi connectivity index (χ1n) is 10.6. The summed E-state index contributed by atoms with van der Waals surface area (Å²) in [6.45, 7) is 8.06. The van der Waals surface area contributed by atoms with Gasteiger partial charge in [-0.1, -0.05) is 33.3 Å². The second-order valence-electron chi connectivity index (χ2n) is 10.3. The Labute approximate surface area is 161 Å². The zero-order chi connectivity index (χ0) is 19.7. The quantitative estimate of drug-likeness (QED) is 0.805. The molecule has 0 aliphatic heterocycles. The Bertz CT molecular complexity index is 735. The number of Topliss-reactive ketones (excluding diaryl/α,β-unsaturated/α-hetero) is 2. The third-order valence-corrected chi connectivity index (χ3v) is 8.65. The van der Waals surface area contributed by atoms with Crippen molar-refractivity contribution in [3.8, 4) is 0 Å². The number of aliphatic hydroxyl groups is 1. The van der Waals surface area contributed by atoms with Crippen molar-refractivity contribution in [1.82, 2.24) is 0 Å². The summed E-state index contributed by atoms with van der Waals surface area (Å²) in [5.74, 6) is 0.383. The van der Waals surface area contributed by atoms with Crippen LogP contribution in [0.4, 0.5) is 0 Å². The first-order chi connectivity index (χ1) is 12.6. The summed E-state index contributed by atoms with van der Waals surface area (Å²) in [4.78, 5) is 38.4. The van der Waals surface area contributed by atoms with Gasteiger partial charge in [-0.15, -0.1) is 0 Å². The van der Waals surface area contributed by atoms with E-state index in [9.17, 15) is 19.5 Å². The highest BCUT2D eigenvalue weighted by atomic mass is 16.3. The Kier molecular flexibility index (Phi) is 4.30. The minimum absolute atomic E-state index is 0.0955. The number of ketones is 3. The van der Waals surface area contributed by atoms with E-state index >= 15 is 0 Å². The Balaban J connectivity index is 1.72. The minimum atomic E-state index is -0.689. The molecule has 0 aromatic rings. The van der Waals surface area contributed by atoms with Crippen molar-refractivity contribution in [2.75, 3.05) is 0 Å². The molecule has 0 radical (unpaired) electrons. The lowest BCUT2D eigenvalue weighted by Crippen LogP contribution is -2.55. The molecule has 1 N–H and O–H groups in total. The van der Waals surface area contributed by atoms with Gasteiger partial charge in [-0.05, 0) is 55.4 Å². The van der Waals surface area contributed by atoms with Crippen molar-refractivity contribution >= 4 is 17.3 Å². The molecule has 0 bridgehead atoms. The van der Waals surface area contributed by atoms with Gasteiger partial charge in [0.2, 0.25) is 0 Å². The summed E-state index contributed by atoms with van der Waals surface area (Å²) in [6, 6.07) is 0. The molecular formula is C23H32O4. The smallest absolute Gasteiger partial charge is 0.159 e. The molecule has 4 nitrogen and oxygen atoms in total. The zero-order valence-corrected chi connectivity index (χ0v) is 17.0. The van der Waals surface area contributed by atoms with Crippen LogP contribution < -0.4 is 0 Å². The third-order valence-electron chi connectivity index (χ3n) is 8.65. The molecule has 0 aromatic carbocycles. The lowest BCUT2D eigenvalue weighted by Gasteiger charge is -2.57. The predicted octanol–water partition coefficient (Wildman–Crippen LogP) is 3.51. The Morgan fingerprint density at radius 2 is 1.81 bits per heavy atom. The van der Waals surface area contributed by atoms with E-state index in [1.54, 1.807) is 6.08 Å². The van der Waals surface area contributed by atoms with Gasteiger partial charge in [-0.25, -0.2) is 0 Å². The van der Waals surface area contributed by atoms with Crippen molar-refractivity contribution in [1.29, 1.82) is 0 Å². The van der Waals surface area contributed by atoms with Crippen LogP contribution in [-0.4, -0.2) is 28.6 Å². The standard InChI is InChI=1S/C23H32O4/c1-12(2)21(27)14-11-23(4)13(9-17(14)24)10-18(25)20-15-5-6-19(26)22(15,3)8-7-16(20)23/h10,12,14-17,20,24H,5-9,11H2,1-4H3/t14?,15-,16-,17+,20-,22-,23-/m0/s1. The molecule has 0 amide bonds. The summed E-state index contributed by atoms with van der Waals surface area (Å²) in [5.41, 5.74) is 0.460. The lowest BCUT2D eigenvalue weighted by molar-refractivity contribution is -0.143. The fourth-order valence-electron chi connectivity index (χ4n) is 6.95. The molecule has 1 unspecified atom stereocenters. The largest absolute Gasteiger partial charge is 0.392 e. The van der Waals surface area contributed by atoms with Crippen molar-refractivity contribution < 1.29 is 19.5 Å². The third kappa shape index (κ3) is 2.55. The second kappa shape index (κ2) is 6.10. The molecule has 4 rings (SSSR count). The van der Waals surface area contributed by atoms with Gasteiger partial charge in [0.05, 0.1) is 6.10 Å². The van der Waals surface area contributed by atoms with E-state index in [0.717, 1.165) is 24.8 Å². The minimum Gasteiger partial charge on any atom is -0.392 e. The molecule has 3 saturated carbocycles. The van der Waals surface area contributed by atoms with Crippen LogP contribution in [0.3, 0.4) is 0 Å². The number of allylic oxidation sites excluding steroid dienone is 1. The lowest BCUT2D eigenvalue weighted by atomic mass is 9.46. The molecule has 0 aromatic heterocycles. The Morgan fingerprint density at radius 3 is 2.48 bits per heavy atom. The van der Waals surface area contributed by atoms with Gasteiger partial charge in [0.25, 0.3) is 0 Å². The van der Waals surface area contributed by atoms with Crippen LogP contribution in [0.15, 0.2) is 11.6 Å². The molecule has 4 aliphatic rings. The summed E-state index contributed by atoms with van der Waals surface area (Å²) in [5, 5.41) is 10.6. The zero-order valence-electron chi connectivity index (χ0n) is 17.0. The average Bonchev–Trinajstić information content (AvgIpc) is 2.90. The predicted molar refractivity (Wildman–Crippen MR) is 102 cm³/mol. The van der Waals surface area contributed by atoms with Crippen molar-refractivity contribution in [2.24, 2.45) is 40.4 Å². The van der Waals surface area contributed by atoms with Crippen LogP contribution >= 0.6 is 0 Å². The van der Waals surface area contributed by atoms with Crippen molar-refractivity contribution in [3.63, 3.8) is 0 Å². The number of fused-ring (bicyclic) bond motifs is 5. The SMILES string of the molecule is CC(C)C(=O)C1C[C@@]2(C)C(=CC(=O)[C@@H]3[C@@H]2CC[C@]2(C)C(=O)CC[C@@H]32)C[C@H]1O. The van der Waals surface area contributed by atoms with Gasteiger partial charge in [0.1, 0.15) is 11.6 Å². The molecule has 4 heteroatoms. The number of hydrogen-bond donors (Lipinski definition) is 1. The van der Waals surface area contributed by atoms with Crippen molar-refractivity contribution in [2.45, 2.75) is 72.3 Å². The van der Waals surface area contributed by atoms with Crippen LogP contribution in [0.1, 0.15) is 66.2 Å². The molecular weight excluding hydrogens is 340 g/mol. The van der Waals surface area contributed by atoms with Crippen molar-refractivity contribution in [3.05, 3.63) is 11.6 Å². The van der Waals surface area contributed by atoms with Gasteiger partial charge in [-0.2, -0.15) is 0 Å². The van der Waals surface area contributed by atoms with Crippen LogP contribution in [0, 0.1) is 40.4 Å². The molecule has 148 valence electrons. The molecule has 27 heavy (non-hydrogen) atoms. The fourth-order valence-corrected chi connectivity index (χ4v) is 6.95. The van der Waals surface area contributed by atoms with Gasteiger partial charge >= 0.3 is 0 Å². The molecule has 4 aliphatic carbocycles. The maximum Gasteiger partial charge on any atom is 0.159 e. The van der Waals surface area contributed by atoms with Crippen LogP contribution in [0.25, 0.3) is 0 Å². The number of rotatable bonds is 2. The van der Waals surface area contributed by atoms with E-state index in [-0.39, 0.29) is 52.0 Å². The summed E-state index contributed by atoms with van der Waals surface area (Å²) in [6.07, 6.45) is 5.26. The fraction of sp³-hybridized carbons (Fsp3) is 0.783. The van der Waals surface area contributed by atoms with E-state index in [2.05, 4.69) is 13.8 Å². The second-order valence-corrected chi connectivity index (χ2v) is 10.3. The van der Waals surface area contributed by atoms with E-state index < -0.39 is 6.10 Å². The van der Waals surface area contributed by atoms with E-state index in [1.807, 2.05) is 13.8 Å². The number of hydrogen-bond acceptors (Lipinski definition) is 4. The Hall–Kier alpha value is -1.29. The van der Waals surface area contributed by atoms with Gasteiger partial charge in [0.15, 0.2) is 5.78 Å². The maximum absolute atomic E-state index is 13.1. The first kappa shape index (κ1) is 19.0. The van der Waals surface area contributed by atoms with Crippen LogP contribution in [-0.2, 0) is 14.4 Å². The topological polar surface area (TPSA) is 71.4 Å². The van der Waals surface area contributed by atoms with Crippen LogP contribution in [0.2, 0.25) is 0 Å². The first-order valence-corrected chi connectivity index (χ1v) is 10.6. The van der Waals surface area contributed by atoms with Gasteiger partial charge < -0.3 is 5.11 Å². The highest BCUT2D eigenvalue weighted by Gasteiger charge is 2.62. The summed E-state index contributed by atoms with van der Waals surface area (Å²) in [7, 11) is 0. The summed E-state index contributed by atoms with van der Waals surface area (Å²) >= 11 is 0. The molecule has 0 spiro atoms. The molecule has 3 fully saturated rings. The Morgan fingerprint density at radius 1 is 1.15 bits per heavy atom. The number of carbonyl (C=O) groups excluding carboxylic acids is 3. The number of carbonyl (C=O) groups is 3. The van der Waals surface area contributed by atoms with Gasteiger partial charge in [-0.3, -0.25) is 14.4 Å². The van der Waals surface area contributed by atoms with E-state index in [1.165, 1.54) is 0 Å². The monoisotopic (exact) mass is 372 g/mol. The average molecular weight is 373 g/mol. The highest BCUT2D eigenvalue weighted by molar-refractivity contribution is 5.97. The highest BCUT2D eigenvalue weighted by Crippen LogP contribution is 2.63. The molecule has 0 saturated heterocycles. The molecule has 0 heterocycles. The van der Waals surface area contributed by atoms with Gasteiger partial charge in [0, 0.05) is 29.6 Å². The summed E-state index contributed by atoms with van der Waals surface area (Å²) < 4.78 is 0. The normalized spacial score (nSPS) is 46.6. The van der Waals surface area contributed by atoms with E-state index in [0.29, 0.717) is 25.0 Å². The van der Waals surface area contributed by atoms with E-state index in [4.69, 9.17) is 0 Å².